The number of nitrogens with zero attached hydrogens (tertiary/aromatic N) is 7. The Morgan fingerprint density at radius 3 is 2.93 bits per heavy atom. The summed E-state index contributed by atoms with van der Waals surface area (Å²) in [5, 5.41) is 19.5. The van der Waals surface area contributed by atoms with Gasteiger partial charge in [-0.3, -0.25) is 9.69 Å². The molecule has 4 rings (SSSR count). The van der Waals surface area contributed by atoms with Gasteiger partial charge in [-0.05, 0) is 35.5 Å². The van der Waals surface area contributed by atoms with Crippen LogP contribution >= 0.6 is 0 Å². The highest BCUT2D eigenvalue weighted by Crippen LogP contribution is 2.18. The summed E-state index contributed by atoms with van der Waals surface area (Å²) in [6, 6.07) is 0. The summed E-state index contributed by atoms with van der Waals surface area (Å²) in [4.78, 5) is 14.9. The largest absolute Gasteiger partial charge is 0.379 e. The molecule has 1 atom stereocenters. The lowest BCUT2D eigenvalue weighted by Gasteiger charge is -2.26. The number of nitrogens with two attached hydrogens (primary N) is 1. The minimum Gasteiger partial charge on any atom is -0.379 e. The molecule has 1 unspecified atom stereocenters. The van der Waals surface area contributed by atoms with E-state index in [2.05, 4.69) is 52.8 Å². The quantitative estimate of drug-likeness (QED) is 0.391. The van der Waals surface area contributed by atoms with Crippen molar-refractivity contribution in [1.82, 2.24) is 35.6 Å². The number of allylic oxidation sites excluding steroid dienone is 2. The number of nitrogens with one attached hydrogen (secondary N) is 1. The molecular weight excluding hydrogens is 378 g/mol. The lowest BCUT2D eigenvalue weighted by atomic mass is 9.96. The van der Waals surface area contributed by atoms with Gasteiger partial charge in [0.25, 0.3) is 5.91 Å². The average Bonchev–Trinajstić information content (AvgIpc) is 3.35. The number of anilines is 1. The molecule has 0 aromatic carbocycles. The van der Waals surface area contributed by atoms with Gasteiger partial charge in [0, 0.05) is 25.8 Å². The van der Waals surface area contributed by atoms with Gasteiger partial charge in [0.15, 0.2) is 5.69 Å². The number of hydrogen-bond donors (Lipinski definition) is 2. The van der Waals surface area contributed by atoms with Crippen molar-refractivity contribution < 1.29 is 14.2 Å². The SMILES string of the molecule is Nc1nonc1-n1nnc(C(=O)NN=CC2CC=CCC2)c1CN1CCOCC1. The van der Waals surface area contributed by atoms with Gasteiger partial charge in [0.2, 0.25) is 11.6 Å². The smallest absolute Gasteiger partial charge is 0.293 e. The standard InChI is InChI=1S/C17H23N9O3/c18-15-16(23-29-22-15)26-13(11-25-6-8-28-9-7-25)14(20-24-26)17(27)21-19-10-12-4-2-1-3-5-12/h1-2,10,12H,3-9,11H2,(H2,18,22)(H,21,27). The van der Waals surface area contributed by atoms with Gasteiger partial charge in [-0.1, -0.05) is 17.4 Å². The zero-order valence-corrected chi connectivity index (χ0v) is 15.9. The number of hydrogen-bond acceptors (Lipinski definition) is 10. The van der Waals surface area contributed by atoms with Crippen molar-refractivity contribution in [2.45, 2.75) is 25.8 Å². The number of nitrogen functional groups attached to an aromatic ring is 1. The number of carbonyl (C=O) groups excluding carboxylic acids is 1. The summed E-state index contributed by atoms with van der Waals surface area (Å²) < 4.78 is 11.4. The topological polar surface area (TPSA) is 150 Å². The molecule has 12 nitrogen and oxygen atoms in total. The van der Waals surface area contributed by atoms with Crippen molar-refractivity contribution in [2.75, 3.05) is 32.0 Å². The monoisotopic (exact) mass is 401 g/mol. The Morgan fingerprint density at radius 1 is 1.34 bits per heavy atom. The highest BCUT2D eigenvalue weighted by atomic mass is 16.6. The Labute approximate surface area is 166 Å². The van der Waals surface area contributed by atoms with Crippen molar-refractivity contribution in [3.05, 3.63) is 23.5 Å². The Balaban J connectivity index is 1.54. The van der Waals surface area contributed by atoms with Crippen molar-refractivity contribution in [1.29, 1.82) is 0 Å². The molecule has 2 aromatic rings. The Morgan fingerprint density at radius 2 is 2.21 bits per heavy atom. The molecule has 29 heavy (non-hydrogen) atoms. The third kappa shape index (κ3) is 4.49. The van der Waals surface area contributed by atoms with Crippen LogP contribution in [-0.2, 0) is 11.3 Å². The maximum atomic E-state index is 12.7. The predicted molar refractivity (Wildman–Crippen MR) is 102 cm³/mol. The molecule has 154 valence electrons. The molecule has 0 bridgehead atoms. The van der Waals surface area contributed by atoms with Crippen molar-refractivity contribution in [3.63, 3.8) is 0 Å². The second-order valence-electron chi connectivity index (χ2n) is 6.92. The summed E-state index contributed by atoms with van der Waals surface area (Å²) in [6.45, 7) is 3.12. The normalized spacial score (nSPS) is 20.3. The number of aromatic nitrogens is 5. The number of carbonyl (C=O) groups is 1. The molecule has 2 aromatic heterocycles. The first-order valence-corrected chi connectivity index (χ1v) is 9.54. The molecular formula is C17H23N9O3. The number of rotatable bonds is 6. The second-order valence-corrected chi connectivity index (χ2v) is 6.92. The van der Waals surface area contributed by atoms with Crippen LogP contribution in [0.2, 0.25) is 0 Å². The number of morpholine rings is 1. The fourth-order valence-corrected chi connectivity index (χ4v) is 3.31. The summed E-state index contributed by atoms with van der Waals surface area (Å²) in [6.07, 6.45) is 9.03. The first-order valence-electron chi connectivity index (χ1n) is 9.54. The molecule has 1 aliphatic heterocycles. The van der Waals surface area contributed by atoms with Crippen LogP contribution in [0.5, 0.6) is 0 Å². The number of hydrazone groups is 1. The Bertz CT molecular complexity index is 898. The van der Waals surface area contributed by atoms with Crippen molar-refractivity contribution in [3.8, 4) is 5.82 Å². The molecule has 3 heterocycles. The predicted octanol–water partition coefficient (Wildman–Crippen LogP) is 0.137. The molecule has 1 amide bonds. The van der Waals surface area contributed by atoms with Crippen molar-refractivity contribution >= 4 is 17.9 Å². The van der Waals surface area contributed by atoms with E-state index in [-0.39, 0.29) is 17.3 Å². The van der Waals surface area contributed by atoms with Gasteiger partial charge in [-0.15, -0.1) is 5.10 Å². The molecule has 12 heteroatoms. The molecule has 1 fully saturated rings. The molecule has 1 aliphatic carbocycles. The molecule has 0 saturated carbocycles. The minimum atomic E-state index is -0.447. The van der Waals surface area contributed by atoms with E-state index in [1.807, 2.05) is 0 Å². The van der Waals surface area contributed by atoms with E-state index in [1.165, 1.54) is 4.68 Å². The van der Waals surface area contributed by atoms with Crippen LogP contribution in [0.25, 0.3) is 5.82 Å². The van der Waals surface area contributed by atoms with Crippen LogP contribution in [0.4, 0.5) is 5.82 Å². The molecule has 0 radical (unpaired) electrons. The first-order chi connectivity index (χ1) is 14.2. The van der Waals surface area contributed by atoms with E-state index < -0.39 is 5.91 Å². The Hall–Kier alpha value is -3.12. The summed E-state index contributed by atoms with van der Waals surface area (Å²) in [7, 11) is 0. The second kappa shape index (κ2) is 8.92. The van der Waals surface area contributed by atoms with Gasteiger partial charge in [0.05, 0.1) is 18.9 Å². The van der Waals surface area contributed by atoms with Crippen molar-refractivity contribution in [2.24, 2.45) is 11.0 Å². The molecule has 3 N–H and O–H groups in total. The van der Waals surface area contributed by atoms with Gasteiger partial charge in [-0.25, -0.2) is 10.1 Å². The van der Waals surface area contributed by atoms with Crippen LogP contribution in [0, 0.1) is 5.92 Å². The summed E-state index contributed by atoms with van der Waals surface area (Å²) >= 11 is 0. The lowest BCUT2D eigenvalue weighted by Crippen LogP contribution is -2.37. The fourth-order valence-electron chi connectivity index (χ4n) is 3.31. The first kappa shape index (κ1) is 19.2. The Kier molecular flexibility index (Phi) is 5.91. The highest BCUT2D eigenvalue weighted by Gasteiger charge is 2.26. The maximum Gasteiger partial charge on any atom is 0.293 e. The van der Waals surface area contributed by atoms with Gasteiger partial charge >= 0.3 is 0 Å². The lowest BCUT2D eigenvalue weighted by molar-refractivity contribution is 0.0332. The summed E-state index contributed by atoms with van der Waals surface area (Å²) in [5.41, 5.74) is 9.04. The fraction of sp³-hybridized carbons (Fsp3) is 0.529. The van der Waals surface area contributed by atoms with E-state index in [4.69, 9.17) is 10.5 Å². The summed E-state index contributed by atoms with van der Waals surface area (Å²) in [5.74, 6) is 0.132. The van der Waals surface area contributed by atoms with Crippen LogP contribution in [-0.4, -0.2) is 68.6 Å². The molecule has 2 aliphatic rings. The van der Waals surface area contributed by atoms with Crippen LogP contribution in [0.1, 0.15) is 35.4 Å². The van der Waals surface area contributed by atoms with E-state index >= 15 is 0 Å². The third-order valence-corrected chi connectivity index (χ3v) is 4.91. The number of amides is 1. The maximum absolute atomic E-state index is 12.7. The van der Waals surface area contributed by atoms with Gasteiger partial charge in [0.1, 0.15) is 0 Å². The van der Waals surface area contributed by atoms with Gasteiger partial charge in [-0.2, -0.15) is 9.78 Å². The highest BCUT2D eigenvalue weighted by molar-refractivity contribution is 5.93. The van der Waals surface area contributed by atoms with Crippen LogP contribution in [0.15, 0.2) is 21.9 Å². The zero-order valence-electron chi connectivity index (χ0n) is 15.9. The van der Waals surface area contributed by atoms with E-state index in [1.54, 1.807) is 6.21 Å². The van der Waals surface area contributed by atoms with E-state index in [0.717, 1.165) is 32.4 Å². The minimum absolute atomic E-state index is 0.0634. The zero-order chi connectivity index (χ0) is 20.1. The van der Waals surface area contributed by atoms with E-state index in [9.17, 15) is 4.79 Å². The molecule has 1 saturated heterocycles. The number of ether oxygens (including phenoxy) is 1. The van der Waals surface area contributed by atoms with Crippen LogP contribution in [0.3, 0.4) is 0 Å². The third-order valence-electron chi connectivity index (χ3n) is 4.91. The van der Waals surface area contributed by atoms with Crippen LogP contribution < -0.4 is 11.2 Å². The van der Waals surface area contributed by atoms with E-state index in [0.29, 0.717) is 31.4 Å². The average molecular weight is 401 g/mol. The molecule has 0 spiro atoms. The van der Waals surface area contributed by atoms with Gasteiger partial charge < -0.3 is 10.5 Å².